The van der Waals surface area contributed by atoms with Gasteiger partial charge in [-0.1, -0.05) is 29.3 Å². The summed E-state index contributed by atoms with van der Waals surface area (Å²) in [5, 5.41) is -0.128. The first-order chi connectivity index (χ1) is 10.8. The van der Waals surface area contributed by atoms with Crippen LogP contribution in [0.15, 0.2) is 23.1 Å². The third-order valence-corrected chi connectivity index (χ3v) is 5.65. The summed E-state index contributed by atoms with van der Waals surface area (Å²) < 4.78 is 37.2. The van der Waals surface area contributed by atoms with Gasteiger partial charge in [0.2, 0.25) is 0 Å². The Labute approximate surface area is 145 Å². The van der Waals surface area contributed by atoms with Crippen molar-refractivity contribution in [3.05, 3.63) is 28.2 Å². The highest BCUT2D eigenvalue weighted by Crippen LogP contribution is 2.28. The SMILES string of the molecule is C[C@H](OC[C@@H]1CCCO1)C(=O)NS(=O)(=O)c1c(Cl)cccc1Cl. The van der Waals surface area contributed by atoms with Crippen molar-refractivity contribution in [2.75, 3.05) is 13.2 Å². The van der Waals surface area contributed by atoms with E-state index in [0.717, 1.165) is 12.8 Å². The Bertz CT molecular complexity index is 653. The Kier molecular flexibility index (Phi) is 6.27. The number of sulfonamides is 1. The van der Waals surface area contributed by atoms with E-state index in [1.807, 2.05) is 4.72 Å². The first-order valence-corrected chi connectivity index (χ1v) is 9.29. The van der Waals surface area contributed by atoms with Crippen LogP contribution in [0.5, 0.6) is 0 Å². The maximum absolute atomic E-state index is 12.3. The molecule has 1 amide bonds. The van der Waals surface area contributed by atoms with Gasteiger partial charge in [-0.2, -0.15) is 0 Å². The van der Waals surface area contributed by atoms with E-state index in [1.54, 1.807) is 0 Å². The molecule has 1 aliphatic rings. The number of benzene rings is 1. The summed E-state index contributed by atoms with van der Waals surface area (Å²) in [5.74, 6) is -0.793. The number of nitrogens with one attached hydrogen (secondary N) is 1. The fourth-order valence-electron chi connectivity index (χ4n) is 2.11. The van der Waals surface area contributed by atoms with E-state index in [4.69, 9.17) is 32.7 Å². The van der Waals surface area contributed by atoms with E-state index in [0.29, 0.717) is 6.61 Å². The van der Waals surface area contributed by atoms with Gasteiger partial charge >= 0.3 is 0 Å². The quantitative estimate of drug-likeness (QED) is 0.817. The van der Waals surface area contributed by atoms with Crippen molar-refractivity contribution in [1.29, 1.82) is 0 Å². The van der Waals surface area contributed by atoms with Crippen molar-refractivity contribution >= 4 is 39.1 Å². The van der Waals surface area contributed by atoms with Crippen LogP contribution >= 0.6 is 23.2 Å². The second-order valence-corrected chi connectivity index (χ2v) is 7.56. The molecule has 1 aliphatic heterocycles. The average molecular weight is 382 g/mol. The predicted molar refractivity (Wildman–Crippen MR) is 86.2 cm³/mol. The van der Waals surface area contributed by atoms with Crippen molar-refractivity contribution in [1.82, 2.24) is 4.72 Å². The molecule has 2 atom stereocenters. The highest BCUT2D eigenvalue weighted by Gasteiger charge is 2.27. The minimum Gasteiger partial charge on any atom is -0.376 e. The second-order valence-electron chi connectivity index (χ2n) is 5.13. The molecule has 6 nitrogen and oxygen atoms in total. The van der Waals surface area contributed by atoms with Crippen LogP contribution in [0.1, 0.15) is 19.8 Å². The van der Waals surface area contributed by atoms with Crippen LogP contribution < -0.4 is 4.72 Å². The molecule has 2 rings (SSSR count). The molecule has 0 spiro atoms. The largest absolute Gasteiger partial charge is 0.376 e. The van der Waals surface area contributed by atoms with Crippen LogP contribution in [0.2, 0.25) is 10.0 Å². The molecule has 1 N–H and O–H groups in total. The highest BCUT2D eigenvalue weighted by atomic mass is 35.5. The van der Waals surface area contributed by atoms with Gasteiger partial charge in [0.1, 0.15) is 11.0 Å². The standard InChI is InChI=1S/C14H17Cl2NO5S/c1-9(22-8-10-4-3-7-21-10)14(18)17-23(19,20)13-11(15)5-2-6-12(13)16/h2,5-6,9-10H,3-4,7-8H2,1H3,(H,17,18)/t9-,10-/m0/s1. The monoisotopic (exact) mass is 381 g/mol. The van der Waals surface area contributed by atoms with Gasteiger partial charge in [0, 0.05) is 6.61 Å². The molecule has 1 aromatic carbocycles. The molecule has 23 heavy (non-hydrogen) atoms. The van der Waals surface area contributed by atoms with Crippen molar-refractivity contribution in [3.8, 4) is 0 Å². The lowest BCUT2D eigenvalue weighted by Gasteiger charge is -2.16. The van der Waals surface area contributed by atoms with E-state index in [-0.39, 0.29) is 27.7 Å². The van der Waals surface area contributed by atoms with Crippen LogP contribution in [0.25, 0.3) is 0 Å². The van der Waals surface area contributed by atoms with Gasteiger partial charge in [0.15, 0.2) is 0 Å². The van der Waals surface area contributed by atoms with Gasteiger partial charge in [0.25, 0.3) is 15.9 Å². The third-order valence-electron chi connectivity index (χ3n) is 3.35. The number of carbonyl (C=O) groups is 1. The maximum atomic E-state index is 12.3. The zero-order valence-corrected chi connectivity index (χ0v) is 14.7. The Morgan fingerprint density at radius 2 is 2.09 bits per heavy atom. The molecule has 0 radical (unpaired) electrons. The topological polar surface area (TPSA) is 81.7 Å². The van der Waals surface area contributed by atoms with Crippen molar-refractivity contribution < 1.29 is 22.7 Å². The summed E-state index contributed by atoms with van der Waals surface area (Å²) in [7, 11) is -4.18. The smallest absolute Gasteiger partial charge is 0.267 e. The lowest BCUT2D eigenvalue weighted by Crippen LogP contribution is -2.39. The lowest BCUT2D eigenvalue weighted by atomic mass is 10.2. The molecule has 1 aromatic rings. The summed E-state index contributed by atoms with van der Waals surface area (Å²) in [6.07, 6.45) is 0.811. The molecule has 1 fully saturated rings. The zero-order chi connectivity index (χ0) is 17.0. The van der Waals surface area contributed by atoms with Crippen LogP contribution in [0.3, 0.4) is 0 Å². The highest BCUT2D eigenvalue weighted by molar-refractivity contribution is 7.90. The van der Waals surface area contributed by atoms with E-state index in [1.165, 1.54) is 25.1 Å². The number of amides is 1. The number of hydrogen-bond acceptors (Lipinski definition) is 5. The van der Waals surface area contributed by atoms with Crippen molar-refractivity contribution in [2.24, 2.45) is 0 Å². The predicted octanol–water partition coefficient (Wildman–Crippen LogP) is 2.38. The normalized spacial score (nSPS) is 19.5. The number of rotatable bonds is 6. The van der Waals surface area contributed by atoms with E-state index < -0.39 is 22.0 Å². The Morgan fingerprint density at radius 3 is 2.65 bits per heavy atom. The zero-order valence-electron chi connectivity index (χ0n) is 12.4. The Morgan fingerprint density at radius 1 is 1.43 bits per heavy atom. The molecule has 1 saturated heterocycles. The van der Waals surface area contributed by atoms with Gasteiger partial charge in [-0.3, -0.25) is 4.79 Å². The molecule has 128 valence electrons. The summed E-state index contributed by atoms with van der Waals surface area (Å²) in [4.78, 5) is 11.7. The number of ether oxygens (including phenoxy) is 2. The van der Waals surface area contributed by atoms with Crippen LogP contribution in [0, 0.1) is 0 Å². The van der Waals surface area contributed by atoms with Crippen molar-refractivity contribution in [3.63, 3.8) is 0 Å². The lowest BCUT2D eigenvalue weighted by molar-refractivity contribution is -0.131. The summed E-state index contributed by atoms with van der Waals surface area (Å²) in [6.45, 7) is 2.38. The van der Waals surface area contributed by atoms with Gasteiger partial charge in [0.05, 0.1) is 22.8 Å². The van der Waals surface area contributed by atoms with E-state index >= 15 is 0 Å². The number of halogens is 2. The average Bonchev–Trinajstić information content (AvgIpc) is 2.96. The molecule has 1 heterocycles. The van der Waals surface area contributed by atoms with Gasteiger partial charge in [-0.15, -0.1) is 0 Å². The minimum atomic E-state index is -4.18. The van der Waals surface area contributed by atoms with Crippen molar-refractivity contribution in [2.45, 2.75) is 36.9 Å². The molecule has 0 aromatic heterocycles. The van der Waals surface area contributed by atoms with E-state index in [9.17, 15) is 13.2 Å². The van der Waals surface area contributed by atoms with Gasteiger partial charge in [-0.05, 0) is 31.9 Å². The fraction of sp³-hybridized carbons (Fsp3) is 0.500. The van der Waals surface area contributed by atoms with Crippen LogP contribution in [-0.2, 0) is 24.3 Å². The molecule has 0 aliphatic carbocycles. The number of hydrogen-bond donors (Lipinski definition) is 1. The Balaban J connectivity index is 2.00. The third kappa shape index (κ3) is 4.81. The minimum absolute atomic E-state index is 0.0557. The van der Waals surface area contributed by atoms with E-state index in [2.05, 4.69) is 0 Å². The molecule has 0 bridgehead atoms. The molecular weight excluding hydrogens is 365 g/mol. The maximum Gasteiger partial charge on any atom is 0.267 e. The fourth-order valence-corrected chi connectivity index (χ4v) is 4.30. The molecule has 9 heteroatoms. The molecule has 0 unspecified atom stereocenters. The summed E-state index contributed by atoms with van der Waals surface area (Å²) >= 11 is 11.7. The van der Waals surface area contributed by atoms with Crippen LogP contribution in [-0.4, -0.2) is 39.7 Å². The van der Waals surface area contributed by atoms with Gasteiger partial charge < -0.3 is 9.47 Å². The Hall–Kier alpha value is -0.860. The molecule has 0 saturated carbocycles. The molecular formula is C14H17Cl2NO5S. The summed E-state index contributed by atoms with van der Waals surface area (Å²) in [6, 6.07) is 4.27. The van der Waals surface area contributed by atoms with Crippen LogP contribution in [0.4, 0.5) is 0 Å². The van der Waals surface area contributed by atoms with Gasteiger partial charge in [-0.25, -0.2) is 13.1 Å². The number of carbonyl (C=O) groups excluding carboxylic acids is 1. The second kappa shape index (κ2) is 7.81. The first kappa shape index (κ1) is 18.5. The first-order valence-electron chi connectivity index (χ1n) is 7.05. The summed E-state index contributed by atoms with van der Waals surface area (Å²) in [5.41, 5.74) is 0.